The maximum atomic E-state index is 6.12. The zero-order valence-corrected chi connectivity index (χ0v) is 16.3. The van der Waals surface area contributed by atoms with Crippen molar-refractivity contribution in [1.82, 2.24) is 4.90 Å². The molecule has 3 aromatic rings. The average molecular weight is 381 g/mol. The number of aliphatic imine (C=N–C) groups is 1. The second-order valence-corrected chi connectivity index (χ2v) is 7.12. The van der Waals surface area contributed by atoms with Gasteiger partial charge >= 0.3 is 0 Å². The van der Waals surface area contributed by atoms with Gasteiger partial charge < -0.3 is 4.90 Å². The molecule has 0 spiro atoms. The van der Waals surface area contributed by atoms with Crippen molar-refractivity contribution in [2.45, 2.75) is 13.1 Å². The van der Waals surface area contributed by atoms with E-state index in [2.05, 4.69) is 59.7 Å². The lowest BCUT2D eigenvalue weighted by atomic mass is 10.2. The molecule has 4 heteroatoms. The number of halogens is 1. The van der Waals surface area contributed by atoms with Crippen LogP contribution in [-0.2, 0) is 13.1 Å². The van der Waals surface area contributed by atoms with Gasteiger partial charge in [-0.2, -0.15) is 0 Å². The van der Waals surface area contributed by atoms with Crippen molar-refractivity contribution in [1.29, 1.82) is 0 Å². The minimum atomic E-state index is 0.698. The van der Waals surface area contributed by atoms with Crippen molar-refractivity contribution >= 4 is 34.2 Å². The number of rotatable bonds is 5. The van der Waals surface area contributed by atoms with Crippen LogP contribution in [0.15, 0.2) is 89.9 Å². The van der Waals surface area contributed by atoms with Crippen LogP contribution in [0.4, 0.5) is 5.69 Å². The molecule has 3 aromatic carbocycles. The quantitative estimate of drug-likeness (QED) is 0.376. The van der Waals surface area contributed by atoms with E-state index >= 15 is 0 Å². The number of benzene rings is 3. The minimum Gasteiger partial charge on any atom is -0.343 e. The number of hydrogen-bond acceptors (Lipinski definition) is 2. The zero-order chi connectivity index (χ0) is 18.2. The maximum Gasteiger partial charge on any atom is 0.164 e. The molecule has 132 valence electrons. The van der Waals surface area contributed by atoms with Crippen molar-refractivity contribution in [3.05, 3.63) is 101 Å². The Balaban J connectivity index is 1.91. The lowest BCUT2D eigenvalue weighted by Gasteiger charge is -2.25. The summed E-state index contributed by atoms with van der Waals surface area (Å²) >= 11 is 7.77. The van der Waals surface area contributed by atoms with Gasteiger partial charge in [0.15, 0.2) is 5.17 Å². The van der Waals surface area contributed by atoms with Gasteiger partial charge in [0, 0.05) is 18.1 Å². The Labute approximate surface area is 164 Å². The highest BCUT2D eigenvalue weighted by molar-refractivity contribution is 8.13. The summed E-state index contributed by atoms with van der Waals surface area (Å²) in [5.41, 5.74) is 3.39. The van der Waals surface area contributed by atoms with Gasteiger partial charge in [-0.3, -0.25) is 0 Å². The van der Waals surface area contributed by atoms with Crippen molar-refractivity contribution in [3.63, 3.8) is 0 Å². The summed E-state index contributed by atoms with van der Waals surface area (Å²) in [6, 6.07) is 28.6. The molecule has 0 heterocycles. The molecule has 2 nitrogen and oxygen atoms in total. The van der Waals surface area contributed by atoms with E-state index in [4.69, 9.17) is 16.6 Å². The highest BCUT2D eigenvalue weighted by atomic mass is 35.5. The third kappa shape index (κ3) is 5.38. The molecule has 0 bridgehead atoms. The van der Waals surface area contributed by atoms with Crippen LogP contribution in [0, 0.1) is 0 Å². The monoisotopic (exact) mass is 380 g/mol. The lowest BCUT2D eigenvalue weighted by Crippen LogP contribution is -2.27. The Morgan fingerprint density at radius 3 is 1.92 bits per heavy atom. The molecule has 0 unspecified atom stereocenters. The Hall–Kier alpha value is -2.23. The normalized spacial score (nSPS) is 11.4. The van der Waals surface area contributed by atoms with Crippen LogP contribution in [0.5, 0.6) is 0 Å². The fourth-order valence-corrected chi connectivity index (χ4v) is 3.47. The maximum absolute atomic E-state index is 6.12. The molecule has 3 rings (SSSR count). The molecule has 0 aliphatic rings. The minimum absolute atomic E-state index is 0.698. The van der Waals surface area contributed by atoms with E-state index in [1.165, 1.54) is 11.1 Å². The fraction of sp³-hybridized carbons (Fsp3) is 0.136. The number of amidine groups is 1. The first kappa shape index (κ1) is 18.6. The summed E-state index contributed by atoms with van der Waals surface area (Å²) in [6.07, 6.45) is 2.06. The van der Waals surface area contributed by atoms with Gasteiger partial charge in [0.05, 0.1) is 5.69 Å². The number of hydrogen-bond donors (Lipinski definition) is 0. The molecule has 0 aliphatic carbocycles. The van der Waals surface area contributed by atoms with Crippen LogP contribution in [0.1, 0.15) is 11.1 Å². The van der Waals surface area contributed by atoms with E-state index in [1.807, 2.05) is 36.4 Å². The van der Waals surface area contributed by atoms with Crippen molar-refractivity contribution in [2.75, 3.05) is 6.26 Å². The number of thioether (sulfide) groups is 1. The van der Waals surface area contributed by atoms with E-state index in [9.17, 15) is 0 Å². The molecule has 0 atom stereocenters. The van der Waals surface area contributed by atoms with Gasteiger partial charge in [-0.05, 0) is 35.6 Å². The average Bonchev–Trinajstić information content (AvgIpc) is 2.67. The van der Waals surface area contributed by atoms with Gasteiger partial charge in [0.1, 0.15) is 0 Å². The van der Waals surface area contributed by atoms with Gasteiger partial charge in [0.25, 0.3) is 0 Å². The molecule has 0 saturated carbocycles. The zero-order valence-electron chi connectivity index (χ0n) is 14.7. The predicted molar refractivity (Wildman–Crippen MR) is 114 cm³/mol. The predicted octanol–water partition coefficient (Wildman–Crippen LogP) is 6.39. The molecule has 0 aliphatic heterocycles. The lowest BCUT2D eigenvalue weighted by molar-refractivity contribution is 0.415. The first-order valence-corrected chi connectivity index (χ1v) is 10.1. The van der Waals surface area contributed by atoms with Gasteiger partial charge in [-0.25, -0.2) is 4.99 Å². The smallest absolute Gasteiger partial charge is 0.164 e. The van der Waals surface area contributed by atoms with E-state index in [1.54, 1.807) is 11.8 Å². The van der Waals surface area contributed by atoms with Crippen molar-refractivity contribution < 1.29 is 0 Å². The largest absolute Gasteiger partial charge is 0.343 e. The standard InChI is InChI=1S/C22H21ClN2S/c1-26-22(24-21-14-8-13-20(23)15-21)25(16-18-9-4-2-5-10-18)17-19-11-6-3-7-12-19/h2-15H,16-17H2,1H3. The summed E-state index contributed by atoms with van der Waals surface area (Å²) in [5, 5.41) is 1.67. The van der Waals surface area contributed by atoms with Crippen LogP contribution < -0.4 is 0 Å². The Bertz CT molecular complexity index is 809. The number of nitrogens with zero attached hydrogens (tertiary/aromatic N) is 2. The SMILES string of the molecule is CSC(=Nc1cccc(Cl)c1)N(Cc1ccccc1)Cc1ccccc1. The van der Waals surface area contributed by atoms with Crippen LogP contribution in [0.3, 0.4) is 0 Å². The van der Waals surface area contributed by atoms with Crippen LogP contribution in [0.2, 0.25) is 5.02 Å². The Kier molecular flexibility index (Phi) is 6.75. The summed E-state index contributed by atoms with van der Waals surface area (Å²) in [5.74, 6) is 0. The van der Waals surface area contributed by atoms with Crippen LogP contribution in [-0.4, -0.2) is 16.3 Å². The molecule has 26 heavy (non-hydrogen) atoms. The topological polar surface area (TPSA) is 15.6 Å². The van der Waals surface area contributed by atoms with E-state index in [-0.39, 0.29) is 0 Å². The second kappa shape index (κ2) is 9.46. The summed E-state index contributed by atoms with van der Waals surface area (Å²) in [6.45, 7) is 1.60. The molecule has 0 saturated heterocycles. The summed E-state index contributed by atoms with van der Waals surface area (Å²) < 4.78 is 0. The van der Waals surface area contributed by atoms with E-state index in [0.29, 0.717) is 5.02 Å². The molecule has 0 N–H and O–H groups in total. The first-order chi connectivity index (χ1) is 12.7. The van der Waals surface area contributed by atoms with Gasteiger partial charge in [-0.15, -0.1) is 0 Å². The molecule has 0 fully saturated rings. The second-order valence-electron chi connectivity index (χ2n) is 5.91. The highest BCUT2D eigenvalue weighted by Gasteiger charge is 2.12. The third-order valence-electron chi connectivity index (χ3n) is 3.92. The molecular weight excluding hydrogens is 360 g/mol. The van der Waals surface area contributed by atoms with Crippen LogP contribution in [0.25, 0.3) is 0 Å². The van der Waals surface area contributed by atoms with E-state index in [0.717, 1.165) is 23.9 Å². The fourth-order valence-electron chi connectivity index (χ4n) is 2.70. The Morgan fingerprint density at radius 1 is 0.846 bits per heavy atom. The molecule has 0 amide bonds. The Morgan fingerprint density at radius 2 is 1.42 bits per heavy atom. The van der Waals surface area contributed by atoms with Gasteiger partial charge in [0.2, 0.25) is 0 Å². The molecular formula is C22H21ClN2S. The van der Waals surface area contributed by atoms with Crippen LogP contribution >= 0.6 is 23.4 Å². The molecule has 0 aromatic heterocycles. The van der Waals surface area contributed by atoms with Gasteiger partial charge in [-0.1, -0.05) is 90.1 Å². The van der Waals surface area contributed by atoms with E-state index < -0.39 is 0 Å². The van der Waals surface area contributed by atoms with Crippen molar-refractivity contribution in [3.8, 4) is 0 Å². The summed E-state index contributed by atoms with van der Waals surface area (Å²) in [4.78, 5) is 7.15. The van der Waals surface area contributed by atoms with Crippen molar-refractivity contribution in [2.24, 2.45) is 4.99 Å². The highest BCUT2D eigenvalue weighted by Crippen LogP contribution is 2.22. The third-order valence-corrected chi connectivity index (χ3v) is 4.87. The summed E-state index contributed by atoms with van der Waals surface area (Å²) in [7, 11) is 0. The molecule has 0 radical (unpaired) electrons. The first-order valence-electron chi connectivity index (χ1n) is 8.45.